The number of fused-ring (bicyclic) bond motifs is 1. The molecule has 1 fully saturated rings. The van der Waals surface area contributed by atoms with Gasteiger partial charge in [0.2, 0.25) is 0 Å². The summed E-state index contributed by atoms with van der Waals surface area (Å²) in [6.07, 6.45) is 3.71. The topological polar surface area (TPSA) is 85.2 Å². The number of ether oxygens (including phenoxy) is 3. The van der Waals surface area contributed by atoms with E-state index in [0.29, 0.717) is 52.0 Å². The predicted octanol–water partition coefficient (Wildman–Crippen LogP) is 5.93. The quantitative estimate of drug-likeness (QED) is 0.467. The summed E-state index contributed by atoms with van der Waals surface area (Å²) in [4.78, 5) is 10.7. The highest BCUT2D eigenvalue weighted by atomic mass is 35.5. The van der Waals surface area contributed by atoms with Crippen LogP contribution in [-0.4, -0.2) is 35.7 Å². The number of carboxylic acids is 1. The van der Waals surface area contributed by atoms with E-state index in [0.717, 1.165) is 0 Å². The number of allylic oxidation sites excluding steroid dienone is 2. The number of para-hydroxylation sites is 1. The SMILES string of the molecule is O=C(O)CCC=CCC1COC(C2=C(Cl)c3cc(Cl)ccc3OC2)OC1c1ccccc1O. The molecule has 0 spiro atoms. The van der Waals surface area contributed by atoms with E-state index in [9.17, 15) is 9.90 Å². The minimum Gasteiger partial charge on any atom is -0.508 e. The van der Waals surface area contributed by atoms with Gasteiger partial charge in [-0.3, -0.25) is 4.79 Å². The smallest absolute Gasteiger partial charge is 0.303 e. The molecule has 0 bridgehead atoms. The van der Waals surface area contributed by atoms with Crippen molar-refractivity contribution in [2.24, 2.45) is 5.92 Å². The van der Waals surface area contributed by atoms with Gasteiger partial charge in [0, 0.05) is 34.1 Å². The molecule has 2 aliphatic rings. The molecule has 33 heavy (non-hydrogen) atoms. The van der Waals surface area contributed by atoms with Gasteiger partial charge in [-0.1, -0.05) is 53.6 Å². The van der Waals surface area contributed by atoms with Crippen LogP contribution in [-0.2, 0) is 14.3 Å². The minimum absolute atomic E-state index is 0.0806. The van der Waals surface area contributed by atoms with Crippen molar-refractivity contribution in [2.75, 3.05) is 13.2 Å². The van der Waals surface area contributed by atoms with Crippen LogP contribution in [0.3, 0.4) is 0 Å². The average molecular weight is 491 g/mol. The number of phenols is 1. The van der Waals surface area contributed by atoms with Crippen molar-refractivity contribution in [3.05, 3.63) is 76.3 Å². The number of hydrogen-bond acceptors (Lipinski definition) is 5. The number of benzene rings is 2. The van der Waals surface area contributed by atoms with Crippen LogP contribution in [0.5, 0.6) is 11.5 Å². The Labute approximate surface area is 202 Å². The number of carbonyl (C=O) groups is 1. The molecule has 2 N–H and O–H groups in total. The zero-order valence-electron chi connectivity index (χ0n) is 17.7. The van der Waals surface area contributed by atoms with Crippen molar-refractivity contribution in [3.63, 3.8) is 0 Å². The van der Waals surface area contributed by atoms with Crippen LogP contribution in [0.2, 0.25) is 5.02 Å². The second-order valence-corrected chi connectivity index (χ2v) is 8.76. The van der Waals surface area contributed by atoms with E-state index in [1.807, 2.05) is 24.3 Å². The number of phenolic OH excluding ortho intramolecular Hbond substituents is 1. The van der Waals surface area contributed by atoms with E-state index in [-0.39, 0.29) is 24.7 Å². The van der Waals surface area contributed by atoms with Gasteiger partial charge in [-0.2, -0.15) is 0 Å². The third kappa shape index (κ3) is 5.53. The van der Waals surface area contributed by atoms with E-state index in [1.165, 1.54) is 0 Å². The summed E-state index contributed by atoms with van der Waals surface area (Å²) in [6, 6.07) is 12.3. The highest BCUT2D eigenvalue weighted by Crippen LogP contribution is 2.44. The maximum absolute atomic E-state index is 10.7. The summed E-state index contributed by atoms with van der Waals surface area (Å²) in [5, 5.41) is 20.3. The van der Waals surface area contributed by atoms with Gasteiger partial charge >= 0.3 is 5.97 Å². The Balaban J connectivity index is 1.57. The molecule has 2 aliphatic heterocycles. The van der Waals surface area contributed by atoms with Crippen molar-refractivity contribution in [1.82, 2.24) is 0 Å². The van der Waals surface area contributed by atoms with Crippen LogP contribution in [0.25, 0.3) is 5.03 Å². The molecule has 8 heteroatoms. The molecule has 0 saturated carbocycles. The Hall–Kier alpha value is -2.51. The Morgan fingerprint density at radius 2 is 1.97 bits per heavy atom. The lowest BCUT2D eigenvalue weighted by atomic mass is 9.91. The summed E-state index contributed by atoms with van der Waals surface area (Å²) in [6.45, 7) is 0.578. The normalized spacial score (nSPS) is 22.8. The fourth-order valence-electron chi connectivity index (χ4n) is 3.97. The summed E-state index contributed by atoms with van der Waals surface area (Å²) in [5.41, 5.74) is 1.99. The van der Waals surface area contributed by atoms with E-state index in [2.05, 4.69) is 0 Å². The number of halogens is 2. The standard InChI is InChI=1S/C25H24Cl2O6/c26-16-10-11-21-18(12-16)23(27)19(14-31-21)25-32-13-15(6-2-1-3-9-22(29)30)24(33-25)17-7-4-5-8-20(17)28/h1-2,4-5,7-8,10-12,15,24-25,28H,3,6,9,13-14H2,(H,29,30). The summed E-state index contributed by atoms with van der Waals surface area (Å²) in [5.74, 6) is -0.131. The largest absolute Gasteiger partial charge is 0.508 e. The van der Waals surface area contributed by atoms with Crippen LogP contribution >= 0.6 is 23.2 Å². The highest BCUT2D eigenvalue weighted by molar-refractivity contribution is 6.50. The molecule has 6 nitrogen and oxygen atoms in total. The molecule has 4 rings (SSSR count). The lowest BCUT2D eigenvalue weighted by Gasteiger charge is -2.38. The first-order chi connectivity index (χ1) is 15.9. The third-order valence-electron chi connectivity index (χ3n) is 5.66. The molecule has 2 aromatic rings. The van der Waals surface area contributed by atoms with E-state index < -0.39 is 18.4 Å². The van der Waals surface area contributed by atoms with Crippen LogP contribution in [0, 0.1) is 5.92 Å². The van der Waals surface area contributed by atoms with Gasteiger partial charge in [-0.25, -0.2) is 0 Å². The molecule has 1 saturated heterocycles. The van der Waals surface area contributed by atoms with Crippen LogP contribution in [0.4, 0.5) is 0 Å². The predicted molar refractivity (Wildman–Crippen MR) is 126 cm³/mol. The molecular weight excluding hydrogens is 467 g/mol. The van der Waals surface area contributed by atoms with Crippen molar-refractivity contribution in [1.29, 1.82) is 0 Å². The van der Waals surface area contributed by atoms with E-state index in [4.69, 9.17) is 42.5 Å². The third-order valence-corrected chi connectivity index (χ3v) is 6.34. The number of carboxylic acid groups (broad SMARTS) is 1. The molecule has 2 aromatic carbocycles. The fraction of sp³-hybridized carbons (Fsp3) is 0.320. The monoisotopic (exact) mass is 490 g/mol. The maximum atomic E-state index is 10.7. The Kier molecular flexibility index (Phi) is 7.60. The lowest BCUT2D eigenvalue weighted by molar-refractivity contribution is -0.222. The summed E-state index contributed by atoms with van der Waals surface area (Å²) in [7, 11) is 0. The highest BCUT2D eigenvalue weighted by Gasteiger charge is 2.37. The first-order valence-electron chi connectivity index (χ1n) is 10.7. The van der Waals surface area contributed by atoms with Crippen LogP contribution in [0.1, 0.15) is 36.5 Å². The molecule has 2 heterocycles. The number of rotatable bonds is 7. The van der Waals surface area contributed by atoms with E-state index >= 15 is 0 Å². The molecule has 174 valence electrons. The van der Waals surface area contributed by atoms with Gasteiger partial charge in [0.05, 0.1) is 17.7 Å². The van der Waals surface area contributed by atoms with Crippen LogP contribution < -0.4 is 4.74 Å². The molecular formula is C25H24Cl2O6. The Morgan fingerprint density at radius 1 is 1.15 bits per heavy atom. The van der Waals surface area contributed by atoms with Crippen molar-refractivity contribution in [2.45, 2.75) is 31.7 Å². The van der Waals surface area contributed by atoms with Crippen molar-refractivity contribution >= 4 is 34.2 Å². The molecule has 0 amide bonds. The maximum Gasteiger partial charge on any atom is 0.303 e. The number of aromatic hydroxyl groups is 1. The lowest BCUT2D eigenvalue weighted by Crippen LogP contribution is -2.38. The number of aliphatic carboxylic acids is 1. The van der Waals surface area contributed by atoms with Gasteiger partial charge in [-0.05, 0) is 37.1 Å². The second kappa shape index (κ2) is 10.6. The Bertz CT molecular complexity index is 1080. The van der Waals surface area contributed by atoms with Gasteiger partial charge in [0.15, 0.2) is 6.29 Å². The average Bonchev–Trinajstić information content (AvgIpc) is 2.80. The molecule has 0 radical (unpaired) electrons. The first-order valence-corrected chi connectivity index (χ1v) is 11.4. The van der Waals surface area contributed by atoms with E-state index in [1.54, 1.807) is 30.3 Å². The van der Waals surface area contributed by atoms with Crippen molar-refractivity contribution in [3.8, 4) is 11.5 Å². The van der Waals surface area contributed by atoms with Gasteiger partial charge in [0.25, 0.3) is 0 Å². The molecule has 0 aromatic heterocycles. The molecule has 3 unspecified atom stereocenters. The summed E-state index contributed by atoms with van der Waals surface area (Å²) >= 11 is 12.8. The van der Waals surface area contributed by atoms with Gasteiger partial charge in [-0.15, -0.1) is 0 Å². The zero-order valence-corrected chi connectivity index (χ0v) is 19.3. The molecule has 0 aliphatic carbocycles. The first kappa shape index (κ1) is 23.6. The summed E-state index contributed by atoms with van der Waals surface area (Å²) < 4.78 is 18.2. The van der Waals surface area contributed by atoms with Gasteiger partial charge in [0.1, 0.15) is 18.1 Å². The minimum atomic E-state index is -0.832. The van der Waals surface area contributed by atoms with Gasteiger partial charge < -0.3 is 24.4 Å². The zero-order chi connectivity index (χ0) is 23.4. The van der Waals surface area contributed by atoms with Crippen LogP contribution in [0.15, 0.2) is 60.2 Å². The number of hydrogen-bond donors (Lipinski definition) is 2. The molecule has 3 atom stereocenters. The fourth-order valence-corrected chi connectivity index (χ4v) is 4.43. The van der Waals surface area contributed by atoms with Crippen molar-refractivity contribution < 1.29 is 29.2 Å². The Morgan fingerprint density at radius 3 is 2.76 bits per heavy atom. The second-order valence-electron chi connectivity index (χ2n) is 7.95.